The summed E-state index contributed by atoms with van der Waals surface area (Å²) in [5.74, 6) is -1.23. The quantitative estimate of drug-likeness (QED) is 0.283. The lowest BCUT2D eigenvalue weighted by atomic mass is 9.89. The minimum Gasteiger partial charge on any atom is -0.465 e. The first-order chi connectivity index (χ1) is 19.4. The number of imidazole rings is 1. The fraction of sp³-hybridized carbons (Fsp3) is 0.258. The molecule has 2 unspecified atom stereocenters. The molecular weight excluding hydrogens is 542 g/mol. The molecule has 2 atom stereocenters. The number of esters is 2. The number of aromatic nitrogens is 2. The third-order valence-electron chi connectivity index (χ3n) is 6.88. The third kappa shape index (κ3) is 6.55. The van der Waals surface area contributed by atoms with E-state index in [1.807, 2.05) is 50.5 Å². The van der Waals surface area contributed by atoms with Crippen molar-refractivity contribution in [2.75, 3.05) is 7.11 Å². The second kappa shape index (κ2) is 12.1. The Morgan fingerprint density at radius 3 is 2.17 bits per heavy atom. The largest absolute Gasteiger partial charge is 0.465 e. The van der Waals surface area contributed by atoms with Crippen molar-refractivity contribution in [2.45, 2.75) is 51.7 Å². The first-order valence-electron chi connectivity index (χ1n) is 13.0. The van der Waals surface area contributed by atoms with Crippen LogP contribution in [0.15, 0.2) is 78.2 Å². The van der Waals surface area contributed by atoms with Gasteiger partial charge in [-0.1, -0.05) is 23.8 Å². The van der Waals surface area contributed by atoms with Gasteiger partial charge in [0.2, 0.25) is 10.0 Å². The fourth-order valence-corrected chi connectivity index (χ4v) is 5.86. The molecule has 41 heavy (non-hydrogen) atoms. The number of methoxy groups -OCH3 is 1. The monoisotopic (exact) mass is 575 g/mol. The van der Waals surface area contributed by atoms with Crippen LogP contribution in [0.5, 0.6) is 0 Å². The van der Waals surface area contributed by atoms with Gasteiger partial charge in [0.25, 0.3) is 0 Å². The first kappa shape index (κ1) is 29.7. The summed E-state index contributed by atoms with van der Waals surface area (Å²) < 4.78 is 41.2. The SMILES string of the molecule is COC(=O)c1cc(C)c(C(OC(=O)C(C)NS(=O)(=O)c2ccc(C)cc2)c2cc(-n3ccnc3)ccc2C)c(C)c1. The summed E-state index contributed by atoms with van der Waals surface area (Å²) >= 11 is 0. The molecule has 1 heterocycles. The molecule has 9 nitrogen and oxygen atoms in total. The molecule has 0 aliphatic rings. The lowest BCUT2D eigenvalue weighted by molar-refractivity contribution is -0.149. The maximum atomic E-state index is 13.5. The van der Waals surface area contributed by atoms with Crippen LogP contribution in [0.2, 0.25) is 0 Å². The van der Waals surface area contributed by atoms with E-state index in [1.165, 1.54) is 26.2 Å². The molecule has 4 aromatic rings. The molecule has 0 saturated heterocycles. The highest BCUT2D eigenvalue weighted by Gasteiger charge is 2.30. The molecule has 0 spiro atoms. The molecule has 0 aliphatic heterocycles. The summed E-state index contributed by atoms with van der Waals surface area (Å²) in [5, 5.41) is 0. The van der Waals surface area contributed by atoms with Crippen LogP contribution in [-0.2, 0) is 24.3 Å². The molecule has 0 radical (unpaired) electrons. The third-order valence-corrected chi connectivity index (χ3v) is 8.43. The normalized spacial score (nSPS) is 12.9. The van der Waals surface area contributed by atoms with Crippen LogP contribution in [0.3, 0.4) is 0 Å². The zero-order valence-electron chi connectivity index (χ0n) is 23.8. The van der Waals surface area contributed by atoms with Crippen molar-refractivity contribution in [1.82, 2.24) is 14.3 Å². The zero-order chi connectivity index (χ0) is 29.9. The van der Waals surface area contributed by atoms with Gasteiger partial charge in [0.05, 0.1) is 23.9 Å². The van der Waals surface area contributed by atoms with Gasteiger partial charge in [0, 0.05) is 29.2 Å². The Labute approximate surface area is 240 Å². The second-order valence-corrected chi connectivity index (χ2v) is 11.7. The molecule has 214 valence electrons. The molecule has 0 saturated carbocycles. The number of carbonyl (C=O) groups is 2. The average Bonchev–Trinajstić information content (AvgIpc) is 3.47. The zero-order valence-corrected chi connectivity index (χ0v) is 24.7. The topological polar surface area (TPSA) is 117 Å². The van der Waals surface area contributed by atoms with Crippen molar-refractivity contribution in [3.05, 3.63) is 112 Å². The molecule has 1 aromatic heterocycles. The molecule has 10 heteroatoms. The number of benzene rings is 3. The van der Waals surface area contributed by atoms with E-state index in [1.54, 1.807) is 43.0 Å². The van der Waals surface area contributed by atoms with Crippen LogP contribution >= 0.6 is 0 Å². The maximum Gasteiger partial charge on any atom is 0.337 e. The standard InChI is InChI=1S/C31H33N3O6S/c1-19-7-11-26(12-8-19)41(37,38)33-23(5)30(35)40-29(28-21(3)15-24(16-22(28)4)31(36)39-6)27-17-25(10-9-20(27)2)34-14-13-32-18-34/h7-18,23,29,33H,1-6H3. The van der Waals surface area contributed by atoms with Gasteiger partial charge < -0.3 is 14.0 Å². The highest BCUT2D eigenvalue weighted by Crippen LogP contribution is 2.35. The van der Waals surface area contributed by atoms with Crippen LogP contribution in [-0.4, -0.2) is 43.1 Å². The number of ether oxygens (including phenoxy) is 2. The van der Waals surface area contributed by atoms with Gasteiger partial charge in [-0.15, -0.1) is 0 Å². The number of carbonyl (C=O) groups excluding carboxylic acids is 2. The predicted molar refractivity (Wildman–Crippen MR) is 154 cm³/mol. The van der Waals surface area contributed by atoms with Crippen molar-refractivity contribution in [1.29, 1.82) is 0 Å². The lowest BCUT2D eigenvalue weighted by Crippen LogP contribution is -2.40. The molecule has 0 amide bonds. The van der Waals surface area contributed by atoms with Crippen LogP contribution in [0, 0.1) is 27.7 Å². The summed E-state index contributed by atoms with van der Waals surface area (Å²) in [6.07, 6.45) is 4.24. The Morgan fingerprint density at radius 1 is 0.927 bits per heavy atom. The Balaban J connectivity index is 1.75. The van der Waals surface area contributed by atoms with Gasteiger partial charge in [-0.05, 0) is 87.7 Å². The van der Waals surface area contributed by atoms with Crippen LogP contribution in [0.1, 0.15) is 56.8 Å². The fourth-order valence-electron chi connectivity index (χ4n) is 4.67. The summed E-state index contributed by atoms with van der Waals surface area (Å²) in [4.78, 5) is 29.9. The average molecular weight is 576 g/mol. The smallest absolute Gasteiger partial charge is 0.337 e. The van der Waals surface area contributed by atoms with E-state index < -0.39 is 34.1 Å². The van der Waals surface area contributed by atoms with Crippen molar-refractivity contribution in [3.8, 4) is 5.69 Å². The van der Waals surface area contributed by atoms with E-state index >= 15 is 0 Å². The van der Waals surface area contributed by atoms with Crippen molar-refractivity contribution in [3.63, 3.8) is 0 Å². The summed E-state index contributed by atoms with van der Waals surface area (Å²) in [6.45, 7) is 8.86. The minimum absolute atomic E-state index is 0.0493. The Hall–Kier alpha value is -4.28. The molecule has 4 rings (SSSR count). The Kier molecular flexibility index (Phi) is 8.74. The van der Waals surface area contributed by atoms with E-state index in [4.69, 9.17) is 9.47 Å². The van der Waals surface area contributed by atoms with E-state index in [9.17, 15) is 18.0 Å². The van der Waals surface area contributed by atoms with Crippen LogP contribution in [0.25, 0.3) is 5.69 Å². The molecule has 0 bridgehead atoms. The van der Waals surface area contributed by atoms with Gasteiger partial charge in [0.15, 0.2) is 6.10 Å². The molecule has 0 aliphatic carbocycles. The van der Waals surface area contributed by atoms with E-state index in [2.05, 4.69) is 9.71 Å². The van der Waals surface area contributed by atoms with Gasteiger partial charge in [-0.3, -0.25) is 4.79 Å². The number of nitrogens with zero attached hydrogens (tertiary/aromatic N) is 2. The number of rotatable bonds is 9. The highest BCUT2D eigenvalue weighted by atomic mass is 32.2. The maximum absolute atomic E-state index is 13.5. The summed E-state index contributed by atoms with van der Waals surface area (Å²) in [6, 6.07) is 14.3. The van der Waals surface area contributed by atoms with Crippen LogP contribution in [0.4, 0.5) is 0 Å². The molecule has 0 fully saturated rings. The van der Waals surface area contributed by atoms with E-state index in [0.29, 0.717) is 27.8 Å². The number of hydrogen-bond acceptors (Lipinski definition) is 7. The summed E-state index contributed by atoms with van der Waals surface area (Å²) in [5.41, 5.74) is 5.76. The van der Waals surface area contributed by atoms with Gasteiger partial charge in [0.1, 0.15) is 6.04 Å². The van der Waals surface area contributed by atoms with Gasteiger partial charge in [-0.2, -0.15) is 4.72 Å². The van der Waals surface area contributed by atoms with E-state index in [-0.39, 0.29) is 4.90 Å². The lowest BCUT2D eigenvalue weighted by Gasteiger charge is -2.26. The number of aryl methyl sites for hydroxylation is 4. The number of hydrogen-bond donors (Lipinski definition) is 1. The number of sulfonamides is 1. The van der Waals surface area contributed by atoms with Crippen molar-refractivity contribution < 1.29 is 27.5 Å². The van der Waals surface area contributed by atoms with Gasteiger partial charge >= 0.3 is 11.9 Å². The van der Waals surface area contributed by atoms with Crippen molar-refractivity contribution in [2.24, 2.45) is 0 Å². The Bertz CT molecular complexity index is 1660. The van der Waals surface area contributed by atoms with E-state index in [0.717, 1.165) is 16.8 Å². The predicted octanol–water partition coefficient (Wildman–Crippen LogP) is 4.89. The minimum atomic E-state index is -3.98. The second-order valence-electron chi connectivity index (χ2n) is 10.00. The molecule has 3 aromatic carbocycles. The summed E-state index contributed by atoms with van der Waals surface area (Å²) in [7, 11) is -2.66. The molecule has 1 N–H and O–H groups in total. The molecular formula is C31H33N3O6S. The highest BCUT2D eigenvalue weighted by molar-refractivity contribution is 7.89. The number of nitrogens with one attached hydrogen (secondary N) is 1. The van der Waals surface area contributed by atoms with Crippen molar-refractivity contribution >= 4 is 22.0 Å². The van der Waals surface area contributed by atoms with Gasteiger partial charge in [-0.25, -0.2) is 18.2 Å². The first-order valence-corrected chi connectivity index (χ1v) is 14.5. The van der Waals surface area contributed by atoms with Crippen LogP contribution < -0.4 is 4.72 Å². The Morgan fingerprint density at radius 2 is 1.59 bits per heavy atom.